The van der Waals surface area contributed by atoms with Crippen LogP contribution in [0.5, 0.6) is 0 Å². The standard InChI is InChI=1S/C18H22N4/c1-2-21-11-13-22(14-12-21)18-5-3-17(4-6-18)20-15-16-7-9-19-10-8-16/h3-10,15H,2,11-14H2,1H3. The maximum atomic E-state index is 4.51. The summed E-state index contributed by atoms with van der Waals surface area (Å²) in [6.45, 7) is 7.89. The lowest BCUT2D eigenvalue weighted by Gasteiger charge is -2.35. The first-order valence-electron chi connectivity index (χ1n) is 7.86. The molecule has 0 unspecified atom stereocenters. The van der Waals surface area contributed by atoms with Crippen molar-refractivity contribution < 1.29 is 0 Å². The fraction of sp³-hybridized carbons (Fsp3) is 0.333. The van der Waals surface area contributed by atoms with E-state index in [0.717, 1.165) is 44.0 Å². The molecule has 114 valence electrons. The van der Waals surface area contributed by atoms with Gasteiger partial charge in [0.05, 0.1) is 5.69 Å². The monoisotopic (exact) mass is 294 g/mol. The van der Waals surface area contributed by atoms with E-state index in [1.165, 1.54) is 5.69 Å². The Morgan fingerprint density at radius 3 is 2.32 bits per heavy atom. The molecule has 0 aliphatic carbocycles. The van der Waals surface area contributed by atoms with Gasteiger partial charge in [0.1, 0.15) is 0 Å². The van der Waals surface area contributed by atoms with Gasteiger partial charge in [-0.15, -0.1) is 0 Å². The first-order chi connectivity index (χ1) is 10.8. The molecule has 0 bridgehead atoms. The van der Waals surface area contributed by atoms with Crippen LogP contribution in [-0.2, 0) is 0 Å². The van der Waals surface area contributed by atoms with Crippen LogP contribution in [0.25, 0.3) is 0 Å². The Balaban J connectivity index is 1.62. The van der Waals surface area contributed by atoms with Gasteiger partial charge in [0, 0.05) is 50.5 Å². The Morgan fingerprint density at radius 2 is 1.68 bits per heavy atom. The van der Waals surface area contributed by atoms with Crippen LogP contribution >= 0.6 is 0 Å². The van der Waals surface area contributed by atoms with Gasteiger partial charge < -0.3 is 9.80 Å². The highest BCUT2D eigenvalue weighted by Gasteiger charge is 2.15. The first kappa shape index (κ1) is 14.7. The molecule has 1 saturated heterocycles. The number of piperazine rings is 1. The molecule has 2 aromatic rings. The molecule has 4 nitrogen and oxygen atoms in total. The highest BCUT2D eigenvalue weighted by Crippen LogP contribution is 2.21. The fourth-order valence-corrected chi connectivity index (χ4v) is 2.67. The van der Waals surface area contributed by atoms with Crippen molar-refractivity contribution in [2.24, 2.45) is 4.99 Å². The van der Waals surface area contributed by atoms with E-state index in [0.29, 0.717) is 0 Å². The van der Waals surface area contributed by atoms with E-state index in [2.05, 4.69) is 51.0 Å². The Hall–Kier alpha value is -2.20. The lowest BCUT2D eigenvalue weighted by molar-refractivity contribution is 0.271. The minimum atomic E-state index is 0.979. The van der Waals surface area contributed by atoms with Gasteiger partial charge in [0.25, 0.3) is 0 Å². The van der Waals surface area contributed by atoms with E-state index in [-0.39, 0.29) is 0 Å². The number of hydrogen-bond donors (Lipinski definition) is 0. The molecule has 0 radical (unpaired) electrons. The van der Waals surface area contributed by atoms with Crippen molar-refractivity contribution in [2.45, 2.75) is 6.92 Å². The molecule has 0 N–H and O–H groups in total. The normalized spacial score (nSPS) is 16.3. The molecular formula is C18H22N4. The second-order valence-electron chi connectivity index (χ2n) is 5.48. The number of nitrogens with zero attached hydrogens (tertiary/aromatic N) is 4. The second kappa shape index (κ2) is 7.18. The lowest BCUT2D eigenvalue weighted by atomic mass is 10.2. The summed E-state index contributed by atoms with van der Waals surface area (Å²) < 4.78 is 0. The minimum Gasteiger partial charge on any atom is -0.369 e. The number of aromatic nitrogens is 1. The molecular weight excluding hydrogens is 272 g/mol. The highest BCUT2D eigenvalue weighted by atomic mass is 15.3. The summed E-state index contributed by atoms with van der Waals surface area (Å²) in [6, 6.07) is 12.4. The molecule has 1 aliphatic rings. The summed E-state index contributed by atoms with van der Waals surface area (Å²) >= 11 is 0. The van der Waals surface area contributed by atoms with Crippen LogP contribution in [0.2, 0.25) is 0 Å². The fourth-order valence-electron chi connectivity index (χ4n) is 2.67. The van der Waals surface area contributed by atoms with Gasteiger partial charge in [-0.3, -0.25) is 9.98 Å². The predicted molar refractivity (Wildman–Crippen MR) is 92.3 cm³/mol. The molecule has 0 amide bonds. The van der Waals surface area contributed by atoms with Crippen LogP contribution in [0.3, 0.4) is 0 Å². The highest BCUT2D eigenvalue weighted by molar-refractivity contribution is 5.81. The van der Waals surface area contributed by atoms with Gasteiger partial charge in [-0.25, -0.2) is 0 Å². The maximum Gasteiger partial charge on any atom is 0.0631 e. The van der Waals surface area contributed by atoms with Gasteiger partial charge in [-0.2, -0.15) is 0 Å². The number of hydrogen-bond acceptors (Lipinski definition) is 4. The van der Waals surface area contributed by atoms with E-state index >= 15 is 0 Å². The zero-order valence-electron chi connectivity index (χ0n) is 13.0. The smallest absolute Gasteiger partial charge is 0.0631 e. The summed E-state index contributed by atoms with van der Waals surface area (Å²) in [5, 5.41) is 0. The topological polar surface area (TPSA) is 31.7 Å². The molecule has 0 atom stereocenters. The van der Waals surface area contributed by atoms with E-state index in [9.17, 15) is 0 Å². The van der Waals surface area contributed by atoms with E-state index < -0.39 is 0 Å². The van der Waals surface area contributed by atoms with Crippen LogP contribution in [0.15, 0.2) is 53.8 Å². The molecule has 0 saturated carbocycles. The van der Waals surface area contributed by atoms with Crippen molar-refractivity contribution >= 4 is 17.6 Å². The maximum absolute atomic E-state index is 4.51. The molecule has 2 heterocycles. The molecule has 1 fully saturated rings. The number of anilines is 1. The van der Waals surface area contributed by atoms with Crippen molar-refractivity contribution in [3.05, 3.63) is 54.4 Å². The van der Waals surface area contributed by atoms with Crippen LogP contribution in [0.4, 0.5) is 11.4 Å². The van der Waals surface area contributed by atoms with Crippen molar-refractivity contribution in [1.29, 1.82) is 0 Å². The van der Waals surface area contributed by atoms with Crippen molar-refractivity contribution in [1.82, 2.24) is 9.88 Å². The van der Waals surface area contributed by atoms with Crippen LogP contribution < -0.4 is 4.90 Å². The lowest BCUT2D eigenvalue weighted by Crippen LogP contribution is -2.46. The van der Waals surface area contributed by atoms with Gasteiger partial charge in [-0.1, -0.05) is 6.92 Å². The molecule has 3 rings (SSSR count). The zero-order valence-corrected chi connectivity index (χ0v) is 13.0. The summed E-state index contributed by atoms with van der Waals surface area (Å²) in [5.74, 6) is 0. The van der Waals surface area contributed by atoms with E-state index in [1.807, 2.05) is 18.3 Å². The van der Waals surface area contributed by atoms with Gasteiger partial charge in [0.2, 0.25) is 0 Å². The SMILES string of the molecule is CCN1CCN(c2ccc(N=Cc3ccncc3)cc2)CC1. The summed E-state index contributed by atoms with van der Waals surface area (Å²) in [7, 11) is 0. The first-order valence-corrected chi connectivity index (χ1v) is 7.86. The Labute approximate surface area is 132 Å². The average Bonchev–Trinajstić information content (AvgIpc) is 2.61. The number of aliphatic imine (C=N–C) groups is 1. The summed E-state index contributed by atoms with van der Waals surface area (Å²) in [6.07, 6.45) is 5.43. The molecule has 4 heteroatoms. The molecule has 1 aromatic heterocycles. The number of rotatable bonds is 4. The van der Waals surface area contributed by atoms with Crippen molar-refractivity contribution in [3.8, 4) is 0 Å². The third-order valence-corrected chi connectivity index (χ3v) is 4.10. The average molecular weight is 294 g/mol. The van der Waals surface area contributed by atoms with Crippen molar-refractivity contribution in [2.75, 3.05) is 37.6 Å². The van der Waals surface area contributed by atoms with Crippen LogP contribution in [0.1, 0.15) is 12.5 Å². The molecule has 0 spiro atoms. The number of pyridine rings is 1. The van der Waals surface area contributed by atoms with Crippen molar-refractivity contribution in [3.63, 3.8) is 0 Å². The Bertz CT molecular complexity index is 599. The second-order valence-corrected chi connectivity index (χ2v) is 5.48. The predicted octanol–water partition coefficient (Wildman–Crippen LogP) is 2.97. The zero-order chi connectivity index (χ0) is 15.2. The Morgan fingerprint density at radius 1 is 1.00 bits per heavy atom. The summed E-state index contributed by atoms with van der Waals surface area (Å²) in [4.78, 5) is 13.4. The number of benzene rings is 1. The molecule has 1 aliphatic heterocycles. The van der Waals surface area contributed by atoms with E-state index in [1.54, 1.807) is 12.4 Å². The quantitative estimate of drug-likeness (QED) is 0.813. The van der Waals surface area contributed by atoms with Crippen LogP contribution in [0, 0.1) is 0 Å². The van der Waals surface area contributed by atoms with Gasteiger partial charge >= 0.3 is 0 Å². The third kappa shape index (κ3) is 3.71. The summed E-state index contributed by atoms with van der Waals surface area (Å²) in [5.41, 5.74) is 3.33. The largest absolute Gasteiger partial charge is 0.369 e. The van der Waals surface area contributed by atoms with Crippen LogP contribution in [-0.4, -0.2) is 48.8 Å². The van der Waals surface area contributed by atoms with Gasteiger partial charge in [0.15, 0.2) is 0 Å². The minimum absolute atomic E-state index is 0.979. The molecule has 1 aromatic carbocycles. The van der Waals surface area contributed by atoms with E-state index in [4.69, 9.17) is 0 Å². The third-order valence-electron chi connectivity index (χ3n) is 4.10. The molecule has 22 heavy (non-hydrogen) atoms. The Kier molecular flexibility index (Phi) is 4.81. The van der Waals surface area contributed by atoms with Gasteiger partial charge in [-0.05, 0) is 48.5 Å². The number of likely N-dealkylation sites (N-methyl/N-ethyl adjacent to an activating group) is 1.